The van der Waals surface area contributed by atoms with Crippen molar-refractivity contribution in [2.75, 3.05) is 7.11 Å². The van der Waals surface area contributed by atoms with Crippen LogP contribution in [-0.4, -0.2) is 17.9 Å². The molecule has 0 radical (unpaired) electrons. The van der Waals surface area contributed by atoms with Crippen LogP contribution in [0, 0.1) is 0 Å². The quantitative estimate of drug-likeness (QED) is 0.755. The van der Waals surface area contributed by atoms with Gasteiger partial charge in [0.05, 0.1) is 7.11 Å². The van der Waals surface area contributed by atoms with Crippen LogP contribution >= 0.6 is 0 Å². The molecule has 0 amide bonds. The molecule has 0 aliphatic carbocycles. The summed E-state index contributed by atoms with van der Waals surface area (Å²) < 4.78 is 5.15. The second kappa shape index (κ2) is 5.96. The first-order valence-corrected chi connectivity index (χ1v) is 5.87. The van der Waals surface area contributed by atoms with E-state index in [0.29, 0.717) is 18.5 Å². The minimum atomic E-state index is 0.0680. The summed E-state index contributed by atoms with van der Waals surface area (Å²) in [5, 5.41) is 0. The van der Waals surface area contributed by atoms with Gasteiger partial charge in [-0.25, -0.2) is 0 Å². The summed E-state index contributed by atoms with van der Waals surface area (Å²) in [6, 6.07) is 13.1. The Hall–Kier alpha value is -2.16. The number of ketones is 1. The Balaban J connectivity index is 1.97. The van der Waals surface area contributed by atoms with Gasteiger partial charge in [-0.2, -0.15) is 0 Å². The summed E-state index contributed by atoms with van der Waals surface area (Å²) >= 11 is 0. The number of methoxy groups -OCH3 is 1. The van der Waals surface area contributed by atoms with E-state index in [9.17, 15) is 4.79 Å². The Bertz CT molecular complexity index is 523. The molecule has 0 N–H and O–H groups in total. The third-order valence-electron chi connectivity index (χ3n) is 2.73. The maximum atomic E-state index is 11.9. The summed E-state index contributed by atoms with van der Waals surface area (Å²) in [5.74, 6) is 0.885. The van der Waals surface area contributed by atoms with Gasteiger partial charge in [0.15, 0.2) is 5.78 Å². The van der Waals surface area contributed by atoms with Crippen LogP contribution in [0.3, 0.4) is 0 Å². The summed E-state index contributed by atoms with van der Waals surface area (Å²) in [6.45, 7) is 0. The van der Waals surface area contributed by atoms with E-state index in [1.807, 2.05) is 30.3 Å². The number of aryl methyl sites for hydroxylation is 1. The fraction of sp³-hybridized carbons (Fsp3) is 0.200. The van der Waals surface area contributed by atoms with Gasteiger partial charge in [-0.3, -0.25) is 9.78 Å². The number of benzene rings is 1. The van der Waals surface area contributed by atoms with Crippen molar-refractivity contribution < 1.29 is 9.53 Å². The molecule has 1 aromatic heterocycles. The van der Waals surface area contributed by atoms with Gasteiger partial charge < -0.3 is 4.74 Å². The van der Waals surface area contributed by atoms with Crippen LogP contribution in [0.2, 0.25) is 0 Å². The number of carbonyl (C=O) groups excluding carboxylic acids is 1. The van der Waals surface area contributed by atoms with Gasteiger partial charge in [0.2, 0.25) is 0 Å². The van der Waals surface area contributed by atoms with Crippen molar-refractivity contribution >= 4 is 5.78 Å². The van der Waals surface area contributed by atoms with Crippen molar-refractivity contribution in [1.82, 2.24) is 4.98 Å². The number of Topliss-reactive ketones (excluding diaryl/α,β-unsaturated/α-hetero) is 1. The molecule has 2 rings (SSSR count). The number of carbonyl (C=O) groups is 1. The second-order valence-corrected chi connectivity index (χ2v) is 3.99. The molecule has 0 atom stereocenters. The molecule has 3 nitrogen and oxygen atoms in total. The molecule has 2 aromatic rings. The molecule has 3 heteroatoms. The fourth-order valence-electron chi connectivity index (χ4n) is 1.74. The zero-order chi connectivity index (χ0) is 12.8. The average Bonchev–Trinajstić information content (AvgIpc) is 2.46. The largest absolute Gasteiger partial charge is 0.497 e. The molecule has 0 bridgehead atoms. The number of hydrogen-bond donors (Lipinski definition) is 0. The Morgan fingerprint density at radius 1 is 1.22 bits per heavy atom. The number of nitrogens with zero attached hydrogens (tertiary/aromatic N) is 1. The van der Waals surface area contributed by atoms with Gasteiger partial charge >= 0.3 is 0 Å². The SMILES string of the molecule is COc1cccc(CCC(=O)c2ccccn2)c1. The summed E-state index contributed by atoms with van der Waals surface area (Å²) in [5.41, 5.74) is 1.62. The lowest BCUT2D eigenvalue weighted by atomic mass is 10.1. The van der Waals surface area contributed by atoms with Gasteiger partial charge in [-0.15, -0.1) is 0 Å². The first-order chi connectivity index (χ1) is 8.79. The van der Waals surface area contributed by atoms with E-state index in [2.05, 4.69) is 4.98 Å². The van der Waals surface area contributed by atoms with Gasteiger partial charge in [-0.05, 0) is 36.2 Å². The maximum Gasteiger partial charge on any atom is 0.181 e. The van der Waals surface area contributed by atoms with Crippen molar-refractivity contribution in [3.8, 4) is 5.75 Å². The van der Waals surface area contributed by atoms with E-state index in [-0.39, 0.29) is 5.78 Å². The van der Waals surface area contributed by atoms with Gasteiger partial charge in [0, 0.05) is 12.6 Å². The summed E-state index contributed by atoms with van der Waals surface area (Å²) in [7, 11) is 1.64. The lowest BCUT2D eigenvalue weighted by Gasteiger charge is -2.04. The van der Waals surface area contributed by atoms with Crippen LogP contribution in [-0.2, 0) is 6.42 Å². The molecule has 1 heterocycles. The number of rotatable bonds is 5. The van der Waals surface area contributed by atoms with E-state index in [1.165, 1.54) is 0 Å². The van der Waals surface area contributed by atoms with Crippen molar-refractivity contribution in [3.05, 3.63) is 59.9 Å². The van der Waals surface area contributed by atoms with Crippen LogP contribution in [0.4, 0.5) is 0 Å². The highest BCUT2D eigenvalue weighted by Gasteiger charge is 2.07. The highest BCUT2D eigenvalue weighted by molar-refractivity contribution is 5.94. The molecule has 0 spiro atoms. The highest BCUT2D eigenvalue weighted by Crippen LogP contribution is 2.14. The number of ether oxygens (including phenoxy) is 1. The predicted molar refractivity (Wildman–Crippen MR) is 69.9 cm³/mol. The van der Waals surface area contributed by atoms with E-state index in [1.54, 1.807) is 25.4 Å². The topological polar surface area (TPSA) is 39.2 Å². The van der Waals surface area contributed by atoms with E-state index >= 15 is 0 Å². The molecule has 0 unspecified atom stereocenters. The van der Waals surface area contributed by atoms with Crippen LogP contribution < -0.4 is 4.74 Å². The molecule has 0 fully saturated rings. The standard InChI is InChI=1S/C15H15NO2/c1-18-13-6-4-5-12(11-13)8-9-15(17)14-7-2-3-10-16-14/h2-7,10-11H,8-9H2,1H3. The fourth-order valence-corrected chi connectivity index (χ4v) is 1.74. The molecule has 0 aliphatic heterocycles. The average molecular weight is 241 g/mol. The number of aromatic nitrogens is 1. The number of pyridine rings is 1. The first-order valence-electron chi connectivity index (χ1n) is 5.87. The molecular weight excluding hydrogens is 226 g/mol. The third-order valence-corrected chi connectivity index (χ3v) is 2.73. The van der Waals surface area contributed by atoms with Crippen LogP contribution in [0.25, 0.3) is 0 Å². The number of hydrogen-bond acceptors (Lipinski definition) is 3. The van der Waals surface area contributed by atoms with E-state index < -0.39 is 0 Å². The lowest BCUT2D eigenvalue weighted by molar-refractivity contribution is 0.0978. The Labute approximate surface area is 106 Å². The molecular formula is C15H15NO2. The summed E-state index contributed by atoms with van der Waals surface area (Å²) in [4.78, 5) is 15.9. The molecule has 1 aromatic carbocycles. The molecule has 0 saturated heterocycles. The Morgan fingerprint density at radius 2 is 2.11 bits per heavy atom. The van der Waals surface area contributed by atoms with E-state index in [4.69, 9.17) is 4.74 Å². The normalized spacial score (nSPS) is 10.1. The van der Waals surface area contributed by atoms with Crippen molar-refractivity contribution in [3.63, 3.8) is 0 Å². The van der Waals surface area contributed by atoms with Crippen LogP contribution in [0.1, 0.15) is 22.5 Å². The minimum absolute atomic E-state index is 0.0680. The van der Waals surface area contributed by atoms with Crippen molar-refractivity contribution in [2.45, 2.75) is 12.8 Å². The van der Waals surface area contributed by atoms with Gasteiger partial charge in [0.1, 0.15) is 11.4 Å². The maximum absolute atomic E-state index is 11.9. The summed E-state index contributed by atoms with van der Waals surface area (Å²) in [6.07, 6.45) is 2.80. The lowest BCUT2D eigenvalue weighted by Crippen LogP contribution is -2.03. The molecule has 92 valence electrons. The first kappa shape index (κ1) is 12.3. The van der Waals surface area contributed by atoms with Crippen LogP contribution in [0.5, 0.6) is 5.75 Å². The predicted octanol–water partition coefficient (Wildman–Crippen LogP) is 2.91. The van der Waals surface area contributed by atoms with E-state index in [0.717, 1.165) is 11.3 Å². The monoisotopic (exact) mass is 241 g/mol. The molecule has 0 aliphatic rings. The smallest absolute Gasteiger partial charge is 0.181 e. The van der Waals surface area contributed by atoms with Gasteiger partial charge in [0.25, 0.3) is 0 Å². The van der Waals surface area contributed by atoms with Crippen molar-refractivity contribution in [1.29, 1.82) is 0 Å². The second-order valence-electron chi connectivity index (χ2n) is 3.99. The molecule has 18 heavy (non-hydrogen) atoms. The van der Waals surface area contributed by atoms with Crippen LogP contribution in [0.15, 0.2) is 48.7 Å². The third kappa shape index (κ3) is 3.17. The zero-order valence-electron chi connectivity index (χ0n) is 10.3. The Morgan fingerprint density at radius 3 is 2.83 bits per heavy atom. The molecule has 0 saturated carbocycles. The van der Waals surface area contributed by atoms with Crippen molar-refractivity contribution in [2.24, 2.45) is 0 Å². The zero-order valence-corrected chi connectivity index (χ0v) is 10.3. The highest BCUT2D eigenvalue weighted by atomic mass is 16.5. The minimum Gasteiger partial charge on any atom is -0.497 e. The van der Waals surface area contributed by atoms with Gasteiger partial charge in [-0.1, -0.05) is 18.2 Å². The Kier molecular flexibility index (Phi) is 4.07.